The standard InChI is InChI=1S/C11H13N5O.ClH/c1-8(12)11(17)15-9-2-4-10(5-3-9)16-13-6-7-14-16;/h2-8H,12H2,1H3,(H,15,17);1H. The molecule has 1 atom stereocenters. The van der Waals surface area contributed by atoms with Crippen LogP contribution in [0.1, 0.15) is 6.92 Å². The van der Waals surface area contributed by atoms with E-state index in [0.717, 1.165) is 5.69 Å². The van der Waals surface area contributed by atoms with E-state index in [-0.39, 0.29) is 18.3 Å². The van der Waals surface area contributed by atoms with Gasteiger partial charge in [-0.3, -0.25) is 4.79 Å². The highest BCUT2D eigenvalue weighted by Gasteiger charge is 2.07. The fraction of sp³-hybridized carbons (Fsp3) is 0.182. The average Bonchev–Trinajstić information content (AvgIpc) is 2.83. The zero-order valence-electron chi connectivity index (χ0n) is 9.78. The summed E-state index contributed by atoms with van der Waals surface area (Å²) < 4.78 is 0. The van der Waals surface area contributed by atoms with Crippen LogP contribution in [-0.4, -0.2) is 26.9 Å². The number of rotatable bonds is 3. The second-order valence-corrected chi connectivity index (χ2v) is 3.64. The van der Waals surface area contributed by atoms with Crippen LogP contribution in [-0.2, 0) is 4.79 Å². The number of hydrogen-bond donors (Lipinski definition) is 2. The first-order valence-corrected chi connectivity index (χ1v) is 5.20. The molecule has 0 radical (unpaired) electrons. The molecule has 2 rings (SSSR count). The zero-order chi connectivity index (χ0) is 12.3. The fourth-order valence-corrected chi connectivity index (χ4v) is 1.28. The number of carbonyl (C=O) groups excluding carboxylic acids is 1. The van der Waals surface area contributed by atoms with E-state index in [1.54, 1.807) is 31.5 Å². The predicted molar refractivity (Wildman–Crippen MR) is 70.9 cm³/mol. The highest BCUT2D eigenvalue weighted by molar-refractivity contribution is 5.94. The van der Waals surface area contributed by atoms with Crippen LogP contribution in [0, 0.1) is 0 Å². The minimum absolute atomic E-state index is 0. The van der Waals surface area contributed by atoms with Crippen molar-refractivity contribution in [2.75, 3.05) is 5.32 Å². The number of nitrogens with two attached hydrogens (primary N) is 1. The summed E-state index contributed by atoms with van der Waals surface area (Å²) in [5.41, 5.74) is 6.98. The number of hydrogen-bond acceptors (Lipinski definition) is 4. The number of carbonyl (C=O) groups is 1. The number of benzene rings is 1. The molecular formula is C11H14ClN5O. The number of amides is 1. The Morgan fingerprint density at radius 3 is 2.33 bits per heavy atom. The largest absolute Gasteiger partial charge is 0.325 e. The maximum atomic E-state index is 11.4. The van der Waals surface area contributed by atoms with Crippen LogP contribution in [0.5, 0.6) is 0 Å². The van der Waals surface area contributed by atoms with Crippen LogP contribution < -0.4 is 11.1 Å². The molecule has 96 valence electrons. The van der Waals surface area contributed by atoms with Crippen LogP contribution >= 0.6 is 12.4 Å². The van der Waals surface area contributed by atoms with Gasteiger partial charge in [0.2, 0.25) is 5.91 Å². The highest BCUT2D eigenvalue weighted by atomic mass is 35.5. The second kappa shape index (κ2) is 6.13. The van der Waals surface area contributed by atoms with Crippen LogP contribution in [0.3, 0.4) is 0 Å². The first kappa shape index (κ1) is 14.1. The molecule has 0 saturated heterocycles. The number of halogens is 1. The summed E-state index contributed by atoms with van der Waals surface area (Å²) in [5.74, 6) is -0.213. The van der Waals surface area contributed by atoms with Crippen molar-refractivity contribution in [3.63, 3.8) is 0 Å². The van der Waals surface area contributed by atoms with E-state index in [1.165, 1.54) is 4.80 Å². The van der Waals surface area contributed by atoms with Gasteiger partial charge < -0.3 is 11.1 Å². The number of anilines is 1. The summed E-state index contributed by atoms with van der Waals surface area (Å²) in [7, 11) is 0. The normalized spacial score (nSPS) is 11.4. The van der Waals surface area contributed by atoms with E-state index < -0.39 is 6.04 Å². The lowest BCUT2D eigenvalue weighted by atomic mass is 10.2. The Hall–Kier alpha value is -1.92. The smallest absolute Gasteiger partial charge is 0.240 e. The third-order valence-electron chi connectivity index (χ3n) is 2.20. The third kappa shape index (κ3) is 3.28. The fourth-order valence-electron chi connectivity index (χ4n) is 1.28. The van der Waals surface area contributed by atoms with Crippen LogP contribution in [0.15, 0.2) is 36.7 Å². The van der Waals surface area contributed by atoms with Crippen molar-refractivity contribution in [3.8, 4) is 5.69 Å². The number of aromatic nitrogens is 3. The maximum absolute atomic E-state index is 11.4. The Labute approximate surface area is 111 Å². The molecule has 0 bridgehead atoms. The summed E-state index contributed by atoms with van der Waals surface area (Å²) >= 11 is 0. The molecule has 1 amide bonds. The van der Waals surface area contributed by atoms with Gasteiger partial charge in [0.1, 0.15) is 0 Å². The highest BCUT2D eigenvalue weighted by Crippen LogP contribution is 2.11. The van der Waals surface area contributed by atoms with E-state index in [1.807, 2.05) is 12.1 Å². The minimum Gasteiger partial charge on any atom is -0.325 e. The quantitative estimate of drug-likeness (QED) is 0.868. The Kier molecular flexibility index (Phi) is 4.82. The molecular weight excluding hydrogens is 254 g/mol. The Bertz CT molecular complexity index is 495. The molecule has 7 heteroatoms. The van der Waals surface area contributed by atoms with E-state index in [9.17, 15) is 4.79 Å². The molecule has 1 unspecified atom stereocenters. The molecule has 0 saturated carbocycles. The molecule has 3 N–H and O–H groups in total. The molecule has 1 aromatic carbocycles. The van der Waals surface area contributed by atoms with Gasteiger partial charge in [0.15, 0.2) is 0 Å². The zero-order valence-corrected chi connectivity index (χ0v) is 10.6. The first-order valence-electron chi connectivity index (χ1n) is 5.20. The molecule has 0 spiro atoms. The van der Waals surface area contributed by atoms with Crippen molar-refractivity contribution in [3.05, 3.63) is 36.7 Å². The lowest BCUT2D eigenvalue weighted by molar-refractivity contribution is -0.117. The number of nitrogens with one attached hydrogen (secondary N) is 1. The molecule has 1 aromatic heterocycles. The van der Waals surface area contributed by atoms with E-state index >= 15 is 0 Å². The lowest BCUT2D eigenvalue weighted by Crippen LogP contribution is -2.32. The molecule has 0 aliphatic rings. The van der Waals surface area contributed by atoms with Crippen molar-refractivity contribution >= 4 is 24.0 Å². The van der Waals surface area contributed by atoms with Crippen molar-refractivity contribution in [2.45, 2.75) is 13.0 Å². The van der Waals surface area contributed by atoms with E-state index in [2.05, 4.69) is 15.5 Å². The van der Waals surface area contributed by atoms with Gasteiger partial charge in [-0.15, -0.1) is 12.4 Å². The molecule has 2 aromatic rings. The van der Waals surface area contributed by atoms with Gasteiger partial charge in [-0.2, -0.15) is 15.0 Å². The summed E-state index contributed by atoms with van der Waals surface area (Å²) in [6.07, 6.45) is 3.21. The monoisotopic (exact) mass is 267 g/mol. The lowest BCUT2D eigenvalue weighted by Gasteiger charge is -2.08. The Morgan fingerprint density at radius 1 is 1.28 bits per heavy atom. The molecule has 6 nitrogen and oxygen atoms in total. The van der Waals surface area contributed by atoms with Crippen LogP contribution in [0.25, 0.3) is 5.69 Å². The minimum atomic E-state index is -0.526. The predicted octanol–water partition coefficient (Wildman–Crippen LogP) is 0.975. The van der Waals surface area contributed by atoms with Gasteiger partial charge in [-0.1, -0.05) is 0 Å². The molecule has 1 heterocycles. The average molecular weight is 268 g/mol. The first-order chi connectivity index (χ1) is 8.16. The van der Waals surface area contributed by atoms with Crippen LogP contribution in [0.2, 0.25) is 0 Å². The van der Waals surface area contributed by atoms with Crippen molar-refractivity contribution in [1.82, 2.24) is 15.0 Å². The van der Waals surface area contributed by atoms with Crippen molar-refractivity contribution in [2.24, 2.45) is 5.73 Å². The Balaban J connectivity index is 0.00000162. The van der Waals surface area contributed by atoms with Gasteiger partial charge in [-0.25, -0.2) is 0 Å². The maximum Gasteiger partial charge on any atom is 0.240 e. The topological polar surface area (TPSA) is 85.8 Å². The summed E-state index contributed by atoms with van der Waals surface area (Å²) in [6.45, 7) is 1.64. The van der Waals surface area contributed by atoms with Crippen molar-refractivity contribution < 1.29 is 4.79 Å². The van der Waals surface area contributed by atoms with Gasteiger partial charge >= 0.3 is 0 Å². The molecule has 0 fully saturated rings. The van der Waals surface area contributed by atoms with Gasteiger partial charge in [0.05, 0.1) is 24.1 Å². The Morgan fingerprint density at radius 2 is 1.83 bits per heavy atom. The number of nitrogens with zero attached hydrogens (tertiary/aromatic N) is 3. The molecule has 0 aliphatic heterocycles. The summed E-state index contributed by atoms with van der Waals surface area (Å²) in [5, 5.41) is 10.7. The molecule has 18 heavy (non-hydrogen) atoms. The third-order valence-corrected chi connectivity index (χ3v) is 2.20. The van der Waals surface area contributed by atoms with Crippen molar-refractivity contribution in [1.29, 1.82) is 0 Å². The van der Waals surface area contributed by atoms with E-state index in [4.69, 9.17) is 5.73 Å². The SMILES string of the molecule is CC(N)C(=O)Nc1ccc(-n2nccn2)cc1.Cl. The van der Waals surface area contributed by atoms with E-state index in [0.29, 0.717) is 5.69 Å². The summed E-state index contributed by atoms with van der Waals surface area (Å²) in [4.78, 5) is 12.9. The van der Waals surface area contributed by atoms with Gasteiger partial charge in [0, 0.05) is 5.69 Å². The van der Waals surface area contributed by atoms with Crippen LogP contribution in [0.4, 0.5) is 5.69 Å². The molecule has 0 aliphatic carbocycles. The van der Waals surface area contributed by atoms with Gasteiger partial charge in [0.25, 0.3) is 0 Å². The van der Waals surface area contributed by atoms with Gasteiger partial charge in [-0.05, 0) is 31.2 Å². The second-order valence-electron chi connectivity index (χ2n) is 3.64. The summed E-state index contributed by atoms with van der Waals surface area (Å²) in [6, 6.07) is 6.66.